The van der Waals surface area contributed by atoms with Gasteiger partial charge >= 0.3 is 0 Å². The van der Waals surface area contributed by atoms with Gasteiger partial charge in [-0.15, -0.1) is 0 Å². The molecule has 1 aliphatic heterocycles. The van der Waals surface area contributed by atoms with Crippen LogP contribution in [0.5, 0.6) is 0 Å². The Balaban J connectivity index is 3.19. The standard InChI is InChI=1S/C11H16N2O2/c1-7-5-9(15)13(4)11(3,6-12)10(7)8(2)14/h7,10H,5H2,1-4H3/t7-,10+,11+/m1/s1. The van der Waals surface area contributed by atoms with Crippen molar-refractivity contribution in [1.29, 1.82) is 5.26 Å². The zero-order valence-corrected chi connectivity index (χ0v) is 9.57. The van der Waals surface area contributed by atoms with Crippen LogP contribution in [0.1, 0.15) is 27.2 Å². The number of ketones is 1. The fraction of sp³-hybridized carbons (Fsp3) is 0.727. The van der Waals surface area contributed by atoms with Crippen LogP contribution in [0.3, 0.4) is 0 Å². The Morgan fingerprint density at radius 1 is 1.67 bits per heavy atom. The predicted octanol–water partition coefficient (Wildman–Crippen LogP) is 0.972. The Morgan fingerprint density at radius 2 is 2.20 bits per heavy atom. The molecule has 0 aromatic carbocycles. The zero-order valence-electron chi connectivity index (χ0n) is 9.57. The van der Waals surface area contributed by atoms with Crippen molar-refractivity contribution in [2.75, 3.05) is 7.05 Å². The summed E-state index contributed by atoms with van der Waals surface area (Å²) in [4.78, 5) is 24.6. The Bertz CT molecular complexity index is 345. The van der Waals surface area contributed by atoms with Crippen molar-refractivity contribution in [1.82, 2.24) is 4.90 Å². The maximum absolute atomic E-state index is 11.6. The maximum Gasteiger partial charge on any atom is 0.223 e. The number of hydrogen-bond donors (Lipinski definition) is 0. The molecule has 4 nitrogen and oxygen atoms in total. The molecule has 0 saturated carbocycles. The molecule has 3 atom stereocenters. The Morgan fingerprint density at radius 3 is 2.60 bits per heavy atom. The number of Topliss-reactive ketones (excluding diaryl/α,β-unsaturated/α-hetero) is 1. The van der Waals surface area contributed by atoms with E-state index in [2.05, 4.69) is 6.07 Å². The smallest absolute Gasteiger partial charge is 0.223 e. The second-order valence-corrected chi connectivity index (χ2v) is 4.48. The first-order valence-corrected chi connectivity index (χ1v) is 5.03. The van der Waals surface area contributed by atoms with E-state index < -0.39 is 5.54 Å². The number of piperidine rings is 1. The number of carbonyl (C=O) groups excluding carboxylic acids is 2. The van der Waals surface area contributed by atoms with Crippen LogP contribution >= 0.6 is 0 Å². The molecule has 0 aromatic heterocycles. The molecule has 1 amide bonds. The molecule has 0 aliphatic carbocycles. The normalized spacial score (nSPS) is 36.2. The van der Waals surface area contributed by atoms with Crippen molar-refractivity contribution >= 4 is 11.7 Å². The Kier molecular flexibility index (Phi) is 2.85. The largest absolute Gasteiger partial charge is 0.327 e. The molecule has 0 aromatic rings. The van der Waals surface area contributed by atoms with E-state index in [1.165, 1.54) is 11.8 Å². The third-order valence-corrected chi connectivity index (χ3v) is 3.41. The molecule has 0 spiro atoms. The lowest BCUT2D eigenvalue weighted by Gasteiger charge is -2.45. The van der Waals surface area contributed by atoms with Crippen LogP contribution in [-0.2, 0) is 9.59 Å². The second kappa shape index (κ2) is 3.65. The van der Waals surface area contributed by atoms with Gasteiger partial charge in [0, 0.05) is 13.5 Å². The summed E-state index contributed by atoms with van der Waals surface area (Å²) in [5, 5.41) is 9.18. The van der Waals surface area contributed by atoms with Gasteiger partial charge < -0.3 is 4.90 Å². The molecule has 0 N–H and O–H groups in total. The summed E-state index contributed by atoms with van der Waals surface area (Å²) in [5.41, 5.74) is -0.999. The Labute approximate surface area is 89.9 Å². The molecule has 4 heteroatoms. The first-order chi connectivity index (χ1) is 6.84. The minimum Gasteiger partial charge on any atom is -0.327 e. The molecule has 0 radical (unpaired) electrons. The first kappa shape index (κ1) is 11.7. The van der Waals surface area contributed by atoms with Gasteiger partial charge in [0.25, 0.3) is 0 Å². The van der Waals surface area contributed by atoms with Crippen molar-refractivity contribution in [2.24, 2.45) is 11.8 Å². The van der Waals surface area contributed by atoms with Gasteiger partial charge in [-0.25, -0.2) is 0 Å². The van der Waals surface area contributed by atoms with E-state index >= 15 is 0 Å². The number of rotatable bonds is 1. The van der Waals surface area contributed by atoms with E-state index in [0.29, 0.717) is 6.42 Å². The average molecular weight is 208 g/mol. The molecular formula is C11H16N2O2. The topological polar surface area (TPSA) is 61.2 Å². The van der Waals surface area contributed by atoms with Gasteiger partial charge in [0.2, 0.25) is 5.91 Å². The third-order valence-electron chi connectivity index (χ3n) is 3.41. The van der Waals surface area contributed by atoms with E-state index in [1.54, 1.807) is 14.0 Å². The number of nitriles is 1. The Hall–Kier alpha value is -1.37. The summed E-state index contributed by atoms with van der Waals surface area (Å²) in [6, 6.07) is 2.11. The van der Waals surface area contributed by atoms with E-state index in [1.807, 2.05) is 6.92 Å². The van der Waals surface area contributed by atoms with Crippen LogP contribution in [0.25, 0.3) is 0 Å². The lowest BCUT2D eigenvalue weighted by Crippen LogP contribution is -2.59. The van der Waals surface area contributed by atoms with Crippen LogP contribution < -0.4 is 0 Å². The molecule has 1 fully saturated rings. The summed E-state index contributed by atoms with van der Waals surface area (Å²) in [6.07, 6.45) is 0.345. The molecule has 1 heterocycles. The van der Waals surface area contributed by atoms with E-state index in [9.17, 15) is 14.9 Å². The van der Waals surface area contributed by atoms with E-state index in [-0.39, 0.29) is 23.5 Å². The van der Waals surface area contributed by atoms with Crippen LogP contribution in [0.2, 0.25) is 0 Å². The monoisotopic (exact) mass is 208 g/mol. The molecule has 0 bridgehead atoms. The van der Waals surface area contributed by atoms with Gasteiger partial charge in [0.05, 0.1) is 12.0 Å². The van der Waals surface area contributed by atoms with Gasteiger partial charge in [0.15, 0.2) is 0 Å². The maximum atomic E-state index is 11.6. The average Bonchev–Trinajstić information content (AvgIpc) is 2.13. The van der Waals surface area contributed by atoms with Gasteiger partial charge in [0.1, 0.15) is 11.3 Å². The number of likely N-dealkylation sites (tertiary alicyclic amines) is 1. The van der Waals surface area contributed by atoms with Crippen LogP contribution in [-0.4, -0.2) is 29.2 Å². The minimum atomic E-state index is -0.999. The van der Waals surface area contributed by atoms with Gasteiger partial charge in [-0.3, -0.25) is 9.59 Å². The summed E-state index contributed by atoms with van der Waals surface area (Å²) in [7, 11) is 1.59. The fourth-order valence-electron chi connectivity index (χ4n) is 2.49. The van der Waals surface area contributed by atoms with Crippen LogP contribution in [0, 0.1) is 23.2 Å². The van der Waals surface area contributed by atoms with Gasteiger partial charge in [-0.05, 0) is 19.8 Å². The van der Waals surface area contributed by atoms with Crippen molar-refractivity contribution in [3.05, 3.63) is 0 Å². The van der Waals surface area contributed by atoms with Crippen molar-refractivity contribution in [3.8, 4) is 6.07 Å². The highest BCUT2D eigenvalue weighted by Crippen LogP contribution is 2.37. The van der Waals surface area contributed by atoms with E-state index in [0.717, 1.165) is 0 Å². The molecular weight excluding hydrogens is 192 g/mol. The molecule has 15 heavy (non-hydrogen) atoms. The highest BCUT2D eigenvalue weighted by Gasteiger charge is 2.50. The SMILES string of the molecule is CC(=O)[C@@H]1[C@H](C)CC(=O)N(C)[C@@]1(C)C#N. The summed E-state index contributed by atoms with van der Waals surface area (Å²) in [5.74, 6) is -0.531. The number of carbonyl (C=O) groups is 2. The van der Waals surface area contributed by atoms with Gasteiger partial charge in [-0.2, -0.15) is 5.26 Å². The molecule has 82 valence electrons. The zero-order chi connectivity index (χ0) is 11.8. The third kappa shape index (κ3) is 1.63. The molecule has 1 saturated heterocycles. The summed E-state index contributed by atoms with van der Waals surface area (Å²) >= 11 is 0. The van der Waals surface area contributed by atoms with Gasteiger partial charge in [-0.1, -0.05) is 6.92 Å². The summed E-state index contributed by atoms with van der Waals surface area (Å²) in [6.45, 7) is 5.00. The van der Waals surface area contributed by atoms with E-state index in [4.69, 9.17) is 0 Å². The number of nitrogens with zero attached hydrogens (tertiary/aromatic N) is 2. The highest BCUT2D eigenvalue weighted by molar-refractivity contribution is 5.86. The molecule has 1 rings (SSSR count). The fourth-order valence-corrected chi connectivity index (χ4v) is 2.49. The lowest BCUT2D eigenvalue weighted by atomic mass is 9.70. The van der Waals surface area contributed by atoms with Crippen LogP contribution in [0.4, 0.5) is 0 Å². The number of hydrogen-bond acceptors (Lipinski definition) is 3. The predicted molar refractivity (Wildman–Crippen MR) is 54.7 cm³/mol. The number of amides is 1. The van der Waals surface area contributed by atoms with Crippen molar-refractivity contribution in [2.45, 2.75) is 32.7 Å². The van der Waals surface area contributed by atoms with Crippen molar-refractivity contribution in [3.63, 3.8) is 0 Å². The highest BCUT2D eigenvalue weighted by atomic mass is 16.2. The second-order valence-electron chi connectivity index (χ2n) is 4.48. The molecule has 1 aliphatic rings. The minimum absolute atomic E-state index is 0.0223. The van der Waals surface area contributed by atoms with Crippen LogP contribution in [0.15, 0.2) is 0 Å². The molecule has 0 unspecified atom stereocenters. The quantitative estimate of drug-likeness (QED) is 0.645. The van der Waals surface area contributed by atoms with Crippen molar-refractivity contribution < 1.29 is 9.59 Å². The lowest BCUT2D eigenvalue weighted by molar-refractivity contribution is -0.146. The summed E-state index contributed by atoms with van der Waals surface area (Å²) < 4.78 is 0. The first-order valence-electron chi connectivity index (χ1n) is 5.03.